The summed E-state index contributed by atoms with van der Waals surface area (Å²) in [4.78, 5) is 5.48. The molecule has 8 aromatic carbocycles. The van der Waals surface area contributed by atoms with Crippen molar-refractivity contribution in [2.24, 2.45) is 0 Å². The van der Waals surface area contributed by atoms with Crippen LogP contribution in [0.5, 0.6) is 0 Å². The number of fused-ring (bicyclic) bond motifs is 9. The molecule has 0 saturated carbocycles. The van der Waals surface area contributed by atoms with Crippen LogP contribution in [-0.4, -0.2) is 9.55 Å². The van der Waals surface area contributed by atoms with Gasteiger partial charge in [0.25, 0.3) is 0 Å². The van der Waals surface area contributed by atoms with Crippen LogP contribution in [0.3, 0.4) is 0 Å². The van der Waals surface area contributed by atoms with Gasteiger partial charge in [-0.1, -0.05) is 133 Å². The third kappa shape index (κ3) is 4.53. The van der Waals surface area contributed by atoms with Gasteiger partial charge in [0, 0.05) is 47.6 Å². The van der Waals surface area contributed by atoms with Crippen molar-refractivity contribution in [1.82, 2.24) is 9.55 Å². The van der Waals surface area contributed by atoms with Crippen molar-refractivity contribution in [2.75, 3.05) is 0 Å². The summed E-state index contributed by atoms with van der Waals surface area (Å²) < 4.78 is 4.94. The molecule has 11 rings (SSSR count). The second-order valence-electron chi connectivity index (χ2n) is 13.6. The molecule has 0 radical (unpaired) electrons. The third-order valence-electron chi connectivity index (χ3n) is 10.6. The summed E-state index contributed by atoms with van der Waals surface area (Å²) in [6.07, 6.45) is 0. The Morgan fingerprint density at radius 1 is 0.404 bits per heavy atom. The van der Waals surface area contributed by atoms with Crippen LogP contribution in [0, 0.1) is 0 Å². The maximum atomic E-state index is 5.48. The van der Waals surface area contributed by atoms with Crippen LogP contribution in [0.4, 0.5) is 0 Å². The number of para-hydroxylation sites is 2. The van der Waals surface area contributed by atoms with Crippen LogP contribution >= 0.6 is 11.3 Å². The van der Waals surface area contributed by atoms with E-state index in [1.807, 2.05) is 11.3 Å². The molecule has 0 spiro atoms. The molecule has 3 heterocycles. The van der Waals surface area contributed by atoms with Gasteiger partial charge >= 0.3 is 0 Å². The van der Waals surface area contributed by atoms with Crippen LogP contribution in [0.2, 0.25) is 0 Å². The van der Waals surface area contributed by atoms with Crippen molar-refractivity contribution in [3.8, 4) is 39.2 Å². The number of thiophene rings is 1. The molecule has 242 valence electrons. The Hall–Kier alpha value is -6.55. The first-order chi connectivity index (χ1) is 25.8. The van der Waals surface area contributed by atoms with E-state index in [1.165, 1.54) is 86.1 Å². The molecule has 3 heteroatoms. The summed E-state index contributed by atoms with van der Waals surface area (Å²) in [5, 5.41) is 8.73. The molecule has 0 N–H and O–H groups in total. The van der Waals surface area contributed by atoms with E-state index in [1.54, 1.807) is 0 Å². The highest BCUT2D eigenvalue weighted by atomic mass is 32.1. The van der Waals surface area contributed by atoms with E-state index in [-0.39, 0.29) is 0 Å². The second-order valence-corrected chi connectivity index (χ2v) is 14.6. The molecule has 0 amide bonds. The fourth-order valence-electron chi connectivity index (χ4n) is 8.08. The molecule has 0 saturated heterocycles. The number of hydrogen-bond donors (Lipinski definition) is 0. The molecular formula is C49H30N2S. The SMILES string of the molecule is c1ccc(-c2cc(-c3ccc(-c4ccc5c6ccccc6n(-c6ccccc6)c5c4)cc3)nc3c2ccc2sc4cc5ccccc5cc4c23)cc1. The maximum absolute atomic E-state index is 5.48. The van der Waals surface area contributed by atoms with E-state index in [0.29, 0.717) is 0 Å². The van der Waals surface area contributed by atoms with E-state index < -0.39 is 0 Å². The summed E-state index contributed by atoms with van der Waals surface area (Å²) in [5.41, 5.74) is 11.5. The molecule has 2 nitrogen and oxygen atoms in total. The summed E-state index contributed by atoms with van der Waals surface area (Å²) in [6.45, 7) is 0. The number of aromatic nitrogens is 2. The Morgan fingerprint density at radius 3 is 1.88 bits per heavy atom. The molecule has 0 bridgehead atoms. The number of benzene rings is 8. The Morgan fingerprint density at radius 2 is 1.06 bits per heavy atom. The molecular weight excluding hydrogens is 649 g/mol. The van der Waals surface area contributed by atoms with Gasteiger partial charge in [-0.05, 0) is 81.6 Å². The standard InChI is InChI=1S/C49H30N2S/c1-3-11-32(12-4-1)41-30-43(50-49-40(41)25-26-46-48(49)42-27-34-13-7-8-14-35(34)29-47(42)52-46)33-21-19-31(20-22-33)36-23-24-39-38-17-9-10-18-44(38)51(45(39)28-36)37-15-5-2-6-16-37/h1-30H. The lowest BCUT2D eigenvalue weighted by molar-refractivity contribution is 1.18. The van der Waals surface area contributed by atoms with Gasteiger partial charge in [0.15, 0.2) is 0 Å². The summed E-state index contributed by atoms with van der Waals surface area (Å²) in [7, 11) is 0. The molecule has 0 aliphatic carbocycles. The highest BCUT2D eigenvalue weighted by Crippen LogP contribution is 2.43. The van der Waals surface area contributed by atoms with E-state index in [4.69, 9.17) is 4.98 Å². The van der Waals surface area contributed by atoms with Gasteiger partial charge in [0.05, 0.1) is 22.2 Å². The lowest BCUT2D eigenvalue weighted by Crippen LogP contribution is -1.93. The van der Waals surface area contributed by atoms with Crippen molar-refractivity contribution in [3.63, 3.8) is 0 Å². The fourth-order valence-corrected chi connectivity index (χ4v) is 9.22. The predicted octanol–water partition coefficient (Wildman–Crippen LogP) is 13.9. The second kappa shape index (κ2) is 11.5. The smallest absolute Gasteiger partial charge is 0.0808 e. The monoisotopic (exact) mass is 678 g/mol. The molecule has 0 fully saturated rings. The number of rotatable bonds is 4. The number of hydrogen-bond acceptors (Lipinski definition) is 2. The normalized spacial score (nSPS) is 11.8. The zero-order chi connectivity index (χ0) is 34.2. The van der Waals surface area contributed by atoms with Crippen LogP contribution in [-0.2, 0) is 0 Å². The topological polar surface area (TPSA) is 17.8 Å². The minimum atomic E-state index is 0.977. The Labute approximate surface area is 304 Å². The molecule has 52 heavy (non-hydrogen) atoms. The fraction of sp³-hybridized carbons (Fsp3) is 0. The van der Waals surface area contributed by atoms with Crippen LogP contribution in [0.25, 0.3) is 103 Å². The zero-order valence-corrected chi connectivity index (χ0v) is 28.9. The average molecular weight is 679 g/mol. The van der Waals surface area contributed by atoms with E-state index >= 15 is 0 Å². The number of nitrogens with zero attached hydrogens (tertiary/aromatic N) is 2. The van der Waals surface area contributed by atoms with Crippen molar-refractivity contribution >= 4 is 75.0 Å². The molecule has 0 aliphatic heterocycles. The van der Waals surface area contributed by atoms with Crippen LogP contribution in [0.1, 0.15) is 0 Å². The van der Waals surface area contributed by atoms with Crippen molar-refractivity contribution in [1.29, 1.82) is 0 Å². The third-order valence-corrected chi connectivity index (χ3v) is 11.7. The van der Waals surface area contributed by atoms with E-state index in [2.05, 4.69) is 187 Å². The molecule has 0 atom stereocenters. The highest BCUT2D eigenvalue weighted by Gasteiger charge is 2.17. The van der Waals surface area contributed by atoms with Gasteiger partial charge in [-0.2, -0.15) is 0 Å². The van der Waals surface area contributed by atoms with Gasteiger partial charge in [-0.25, -0.2) is 4.98 Å². The lowest BCUT2D eigenvalue weighted by Gasteiger charge is -2.12. The minimum Gasteiger partial charge on any atom is -0.309 e. The highest BCUT2D eigenvalue weighted by molar-refractivity contribution is 7.26. The lowest BCUT2D eigenvalue weighted by atomic mass is 9.95. The molecule has 3 aromatic heterocycles. The van der Waals surface area contributed by atoms with Gasteiger partial charge in [0.2, 0.25) is 0 Å². The first-order valence-electron chi connectivity index (χ1n) is 17.7. The van der Waals surface area contributed by atoms with Gasteiger partial charge in [0.1, 0.15) is 0 Å². The quantitative estimate of drug-likeness (QED) is 0.181. The largest absolute Gasteiger partial charge is 0.309 e. The summed E-state index contributed by atoms with van der Waals surface area (Å²) in [6, 6.07) is 66.0. The Kier molecular flexibility index (Phi) is 6.46. The van der Waals surface area contributed by atoms with Gasteiger partial charge < -0.3 is 4.57 Å². The molecule has 0 aliphatic rings. The first-order valence-corrected chi connectivity index (χ1v) is 18.5. The first kappa shape index (κ1) is 29.2. The Balaban J connectivity index is 1.08. The summed E-state index contributed by atoms with van der Waals surface area (Å²) in [5.74, 6) is 0. The number of pyridine rings is 1. The predicted molar refractivity (Wildman–Crippen MR) is 223 cm³/mol. The average Bonchev–Trinajstić information content (AvgIpc) is 3.75. The van der Waals surface area contributed by atoms with Crippen molar-refractivity contribution in [2.45, 2.75) is 0 Å². The van der Waals surface area contributed by atoms with E-state index in [0.717, 1.165) is 16.8 Å². The van der Waals surface area contributed by atoms with Gasteiger partial charge in [-0.15, -0.1) is 11.3 Å². The van der Waals surface area contributed by atoms with Crippen LogP contribution < -0.4 is 0 Å². The van der Waals surface area contributed by atoms with Crippen molar-refractivity contribution in [3.05, 3.63) is 182 Å². The van der Waals surface area contributed by atoms with E-state index in [9.17, 15) is 0 Å². The Bertz CT molecular complexity index is 3150. The maximum Gasteiger partial charge on any atom is 0.0808 e. The summed E-state index contributed by atoms with van der Waals surface area (Å²) >= 11 is 1.85. The van der Waals surface area contributed by atoms with Crippen LogP contribution in [0.15, 0.2) is 182 Å². The minimum absolute atomic E-state index is 0.977. The zero-order valence-electron chi connectivity index (χ0n) is 28.1. The molecule has 0 unspecified atom stereocenters. The molecule has 11 aromatic rings. The van der Waals surface area contributed by atoms with Crippen molar-refractivity contribution < 1.29 is 0 Å². The van der Waals surface area contributed by atoms with Gasteiger partial charge in [-0.3, -0.25) is 0 Å².